The number of nitrogens with two attached hydrogens (primary N) is 1. The Morgan fingerprint density at radius 3 is 2.43 bits per heavy atom. The van der Waals surface area contributed by atoms with Crippen molar-refractivity contribution in [3.05, 3.63) is 59.4 Å². The van der Waals surface area contributed by atoms with Gasteiger partial charge in [0.05, 0.1) is 17.3 Å². The fraction of sp³-hybridized carbons (Fsp3) is 0.0714. The van der Waals surface area contributed by atoms with Gasteiger partial charge in [-0.15, -0.1) is 0 Å². The molecule has 2 aromatic rings. The highest BCUT2D eigenvalue weighted by Gasteiger charge is 2.17. The van der Waals surface area contributed by atoms with Crippen molar-refractivity contribution < 1.29 is 12.8 Å². The summed E-state index contributed by atoms with van der Waals surface area (Å²) in [4.78, 5) is -0.169. The lowest BCUT2D eigenvalue weighted by Gasteiger charge is -2.09. The van der Waals surface area contributed by atoms with E-state index < -0.39 is 15.8 Å². The first-order valence-corrected chi connectivity index (χ1v) is 7.44. The number of hydrogen-bond acceptors (Lipinski definition) is 4. The molecule has 7 heteroatoms. The molecule has 0 atom stereocenters. The van der Waals surface area contributed by atoms with Crippen LogP contribution in [0.5, 0.6) is 0 Å². The van der Waals surface area contributed by atoms with E-state index in [1.54, 1.807) is 24.3 Å². The minimum atomic E-state index is -3.83. The highest BCUT2D eigenvalue weighted by Crippen LogP contribution is 2.19. The molecule has 0 aliphatic heterocycles. The van der Waals surface area contributed by atoms with E-state index in [0.717, 1.165) is 18.2 Å². The summed E-state index contributed by atoms with van der Waals surface area (Å²) in [6, 6.07) is 11.6. The summed E-state index contributed by atoms with van der Waals surface area (Å²) in [5, 5.41) is 8.68. The smallest absolute Gasteiger partial charge is 0.242 e. The molecule has 0 bridgehead atoms. The van der Waals surface area contributed by atoms with E-state index >= 15 is 0 Å². The molecule has 0 radical (unpaired) electrons. The number of benzene rings is 2. The SMILES string of the molecule is N#Cc1ccc(CNS(=O)(=O)c2ccc(F)cc2N)cc1. The summed E-state index contributed by atoms with van der Waals surface area (Å²) >= 11 is 0. The molecule has 3 N–H and O–H groups in total. The summed E-state index contributed by atoms with van der Waals surface area (Å²) < 4.78 is 39.5. The normalized spacial score (nSPS) is 11.0. The molecule has 0 unspecified atom stereocenters. The van der Waals surface area contributed by atoms with Crippen molar-refractivity contribution in [2.75, 3.05) is 5.73 Å². The summed E-state index contributed by atoms with van der Waals surface area (Å²) in [6.07, 6.45) is 0. The van der Waals surface area contributed by atoms with E-state index in [1.165, 1.54) is 0 Å². The van der Waals surface area contributed by atoms with E-state index in [-0.39, 0.29) is 17.1 Å². The van der Waals surface area contributed by atoms with Crippen molar-refractivity contribution in [2.24, 2.45) is 0 Å². The lowest BCUT2D eigenvalue weighted by Crippen LogP contribution is -2.24. The predicted molar refractivity (Wildman–Crippen MR) is 76.0 cm³/mol. The minimum absolute atomic E-state index is 0.0465. The Kier molecular flexibility index (Phi) is 4.21. The van der Waals surface area contributed by atoms with Gasteiger partial charge in [-0.25, -0.2) is 17.5 Å². The topological polar surface area (TPSA) is 96.0 Å². The van der Waals surface area contributed by atoms with Gasteiger partial charge >= 0.3 is 0 Å². The number of sulfonamides is 1. The third kappa shape index (κ3) is 3.56. The molecule has 0 saturated heterocycles. The summed E-state index contributed by atoms with van der Waals surface area (Å²) in [7, 11) is -3.83. The standard InChI is InChI=1S/C14H12FN3O2S/c15-12-5-6-14(13(17)7-12)21(19,20)18-9-11-3-1-10(8-16)2-4-11/h1-7,18H,9,17H2. The van der Waals surface area contributed by atoms with Crippen LogP contribution >= 0.6 is 0 Å². The van der Waals surface area contributed by atoms with Gasteiger partial charge in [-0.05, 0) is 35.9 Å². The van der Waals surface area contributed by atoms with Crippen LogP contribution in [0, 0.1) is 17.1 Å². The largest absolute Gasteiger partial charge is 0.398 e. The Hall–Kier alpha value is -2.43. The van der Waals surface area contributed by atoms with E-state index in [4.69, 9.17) is 11.0 Å². The predicted octanol–water partition coefficient (Wildman–Crippen LogP) is 1.76. The molecule has 2 aromatic carbocycles. The van der Waals surface area contributed by atoms with Crippen LogP contribution in [0.2, 0.25) is 0 Å². The molecule has 108 valence electrons. The fourth-order valence-corrected chi connectivity index (χ4v) is 2.85. The lowest BCUT2D eigenvalue weighted by atomic mass is 10.1. The first-order valence-electron chi connectivity index (χ1n) is 5.96. The highest BCUT2D eigenvalue weighted by molar-refractivity contribution is 7.89. The Morgan fingerprint density at radius 2 is 1.86 bits per heavy atom. The van der Waals surface area contributed by atoms with Gasteiger partial charge in [-0.2, -0.15) is 5.26 Å². The van der Waals surface area contributed by atoms with E-state index in [2.05, 4.69) is 4.72 Å². The average molecular weight is 305 g/mol. The first kappa shape index (κ1) is 15.0. The average Bonchev–Trinajstić information content (AvgIpc) is 2.45. The van der Waals surface area contributed by atoms with Crippen LogP contribution in [0.1, 0.15) is 11.1 Å². The number of anilines is 1. The van der Waals surface area contributed by atoms with Gasteiger partial charge in [0.2, 0.25) is 10.0 Å². The second-order valence-electron chi connectivity index (χ2n) is 4.32. The lowest BCUT2D eigenvalue weighted by molar-refractivity contribution is 0.581. The van der Waals surface area contributed by atoms with Gasteiger partial charge in [0.25, 0.3) is 0 Å². The molecule has 0 aliphatic carbocycles. The van der Waals surface area contributed by atoms with Crippen molar-refractivity contribution in [3.8, 4) is 6.07 Å². The number of nitrogens with zero attached hydrogens (tertiary/aromatic N) is 1. The third-order valence-corrected chi connectivity index (χ3v) is 4.29. The first-order chi connectivity index (χ1) is 9.92. The molecule has 0 amide bonds. The molecule has 21 heavy (non-hydrogen) atoms. The maximum Gasteiger partial charge on any atom is 0.242 e. The molecule has 0 fully saturated rings. The summed E-state index contributed by atoms with van der Waals surface area (Å²) in [6.45, 7) is 0.0465. The van der Waals surface area contributed by atoms with Crippen molar-refractivity contribution in [2.45, 2.75) is 11.4 Å². The maximum absolute atomic E-state index is 12.9. The second kappa shape index (κ2) is 5.91. The maximum atomic E-state index is 12.9. The zero-order valence-corrected chi connectivity index (χ0v) is 11.7. The molecule has 0 saturated carbocycles. The van der Waals surface area contributed by atoms with Gasteiger partial charge in [0.1, 0.15) is 10.7 Å². The Labute approximate surface area is 121 Å². The van der Waals surface area contributed by atoms with E-state index in [0.29, 0.717) is 11.1 Å². The van der Waals surface area contributed by atoms with Crippen LogP contribution < -0.4 is 10.5 Å². The van der Waals surface area contributed by atoms with Crippen molar-refractivity contribution in [1.82, 2.24) is 4.72 Å². The van der Waals surface area contributed by atoms with Crippen molar-refractivity contribution in [1.29, 1.82) is 5.26 Å². The molecule has 2 rings (SSSR count). The zero-order valence-electron chi connectivity index (χ0n) is 10.9. The number of halogens is 1. The van der Waals surface area contributed by atoms with Crippen LogP contribution in [0.15, 0.2) is 47.4 Å². The quantitative estimate of drug-likeness (QED) is 0.841. The molecule has 0 heterocycles. The van der Waals surface area contributed by atoms with Gasteiger partial charge in [-0.1, -0.05) is 12.1 Å². The number of rotatable bonds is 4. The van der Waals surface area contributed by atoms with E-state index in [9.17, 15) is 12.8 Å². The number of nitrogen functional groups attached to an aromatic ring is 1. The molecule has 0 aromatic heterocycles. The highest BCUT2D eigenvalue weighted by atomic mass is 32.2. The zero-order chi connectivity index (χ0) is 15.5. The van der Waals surface area contributed by atoms with Gasteiger partial charge in [0.15, 0.2) is 0 Å². The van der Waals surface area contributed by atoms with Crippen molar-refractivity contribution >= 4 is 15.7 Å². The molecule has 0 spiro atoms. The Balaban J connectivity index is 2.16. The monoisotopic (exact) mass is 305 g/mol. The third-order valence-electron chi connectivity index (χ3n) is 2.81. The molecular weight excluding hydrogens is 293 g/mol. The number of hydrogen-bond donors (Lipinski definition) is 2. The second-order valence-corrected chi connectivity index (χ2v) is 6.05. The number of nitriles is 1. The van der Waals surface area contributed by atoms with Crippen LogP contribution in [0.3, 0.4) is 0 Å². The van der Waals surface area contributed by atoms with E-state index in [1.807, 2.05) is 6.07 Å². The van der Waals surface area contributed by atoms with Crippen LogP contribution in [-0.4, -0.2) is 8.42 Å². The minimum Gasteiger partial charge on any atom is -0.398 e. The van der Waals surface area contributed by atoms with Crippen LogP contribution in [-0.2, 0) is 16.6 Å². The number of nitrogens with one attached hydrogen (secondary N) is 1. The van der Waals surface area contributed by atoms with Crippen LogP contribution in [0.4, 0.5) is 10.1 Å². The fourth-order valence-electron chi connectivity index (χ4n) is 1.72. The Bertz CT molecular complexity index is 796. The van der Waals surface area contributed by atoms with Crippen molar-refractivity contribution in [3.63, 3.8) is 0 Å². The molecule has 0 aliphatic rings. The van der Waals surface area contributed by atoms with Gasteiger partial charge in [-0.3, -0.25) is 0 Å². The van der Waals surface area contributed by atoms with Gasteiger partial charge < -0.3 is 5.73 Å². The molecular formula is C14H12FN3O2S. The Morgan fingerprint density at radius 1 is 1.19 bits per heavy atom. The van der Waals surface area contributed by atoms with Gasteiger partial charge in [0, 0.05) is 6.54 Å². The molecule has 5 nitrogen and oxygen atoms in total. The summed E-state index contributed by atoms with van der Waals surface area (Å²) in [5.74, 6) is -0.599. The van der Waals surface area contributed by atoms with Crippen LogP contribution in [0.25, 0.3) is 0 Å². The summed E-state index contributed by atoms with van der Waals surface area (Å²) in [5.41, 5.74) is 6.55.